The molecule has 4 rings (SSSR count). The van der Waals surface area contributed by atoms with Crippen LogP contribution in [0.4, 0.5) is 4.39 Å². The molecule has 32 heavy (non-hydrogen) atoms. The van der Waals surface area contributed by atoms with Gasteiger partial charge in [-0.25, -0.2) is 17.5 Å². The van der Waals surface area contributed by atoms with Crippen molar-refractivity contribution < 1.29 is 17.6 Å². The number of rotatable bonds is 5. The highest BCUT2D eigenvalue weighted by molar-refractivity contribution is 7.89. The molecule has 0 spiro atoms. The van der Waals surface area contributed by atoms with E-state index in [0.717, 1.165) is 17.7 Å². The molecule has 1 fully saturated rings. The molecule has 0 saturated carbocycles. The number of aromatic amines is 1. The zero-order valence-corrected chi connectivity index (χ0v) is 17.9. The number of amides is 1. The molecule has 7 nitrogen and oxygen atoms in total. The Hall–Kier alpha value is -3.30. The molecule has 1 saturated heterocycles. The summed E-state index contributed by atoms with van der Waals surface area (Å²) in [7, 11) is -3.78. The highest BCUT2D eigenvalue weighted by Gasteiger charge is 2.28. The molecule has 0 atom stereocenters. The van der Waals surface area contributed by atoms with Gasteiger partial charge in [-0.05, 0) is 54.8 Å². The highest BCUT2D eigenvalue weighted by Crippen LogP contribution is 2.18. The smallest absolute Gasteiger partial charge is 0.261 e. The standard InChI is InChI=1S/C23H22FN3O4S/c24-17-6-8-19(9-7-17)32(30,31)26-18-12-14-27(15-13-18)23(29)20-10-11-21(25-22(20)28)16-4-2-1-3-5-16/h1-11,18,26H,12-15H2,(H,25,28). The predicted molar refractivity (Wildman–Crippen MR) is 118 cm³/mol. The van der Waals surface area contributed by atoms with Crippen molar-refractivity contribution in [2.24, 2.45) is 0 Å². The molecule has 0 aliphatic carbocycles. The molecular formula is C23H22FN3O4S. The average molecular weight is 456 g/mol. The van der Waals surface area contributed by atoms with Crippen molar-refractivity contribution in [1.29, 1.82) is 0 Å². The van der Waals surface area contributed by atoms with Gasteiger partial charge in [-0.3, -0.25) is 9.59 Å². The Morgan fingerprint density at radius 3 is 2.25 bits per heavy atom. The number of nitrogens with one attached hydrogen (secondary N) is 2. The van der Waals surface area contributed by atoms with Gasteiger partial charge in [0, 0.05) is 24.8 Å². The molecule has 0 unspecified atom stereocenters. The van der Waals surface area contributed by atoms with Crippen molar-refractivity contribution in [3.63, 3.8) is 0 Å². The maximum Gasteiger partial charge on any atom is 0.261 e. The number of H-pyrrole nitrogens is 1. The van der Waals surface area contributed by atoms with E-state index < -0.39 is 21.4 Å². The minimum atomic E-state index is -3.78. The second-order valence-corrected chi connectivity index (χ2v) is 9.34. The van der Waals surface area contributed by atoms with E-state index in [0.29, 0.717) is 31.6 Å². The topological polar surface area (TPSA) is 99.3 Å². The Labute approximate surface area is 185 Å². The normalized spacial score (nSPS) is 15.0. The Balaban J connectivity index is 1.39. The Morgan fingerprint density at radius 1 is 0.969 bits per heavy atom. The number of piperidine rings is 1. The third kappa shape index (κ3) is 4.79. The molecule has 2 N–H and O–H groups in total. The summed E-state index contributed by atoms with van der Waals surface area (Å²) < 4.78 is 40.6. The number of carbonyl (C=O) groups excluding carboxylic acids is 1. The number of sulfonamides is 1. The third-order valence-electron chi connectivity index (χ3n) is 5.45. The summed E-state index contributed by atoms with van der Waals surface area (Å²) in [6.07, 6.45) is 0.818. The fourth-order valence-corrected chi connectivity index (χ4v) is 5.01. The number of carbonyl (C=O) groups is 1. The van der Waals surface area contributed by atoms with Crippen LogP contribution in [0.3, 0.4) is 0 Å². The summed E-state index contributed by atoms with van der Waals surface area (Å²) in [6.45, 7) is 0.630. The van der Waals surface area contributed by atoms with E-state index in [-0.39, 0.29) is 22.4 Å². The number of hydrogen-bond acceptors (Lipinski definition) is 4. The Kier molecular flexibility index (Phi) is 6.20. The lowest BCUT2D eigenvalue weighted by atomic mass is 10.0. The minimum Gasteiger partial charge on any atom is -0.338 e. The van der Waals surface area contributed by atoms with E-state index >= 15 is 0 Å². The van der Waals surface area contributed by atoms with Crippen LogP contribution in [0, 0.1) is 5.82 Å². The van der Waals surface area contributed by atoms with Gasteiger partial charge in [0.05, 0.1) is 4.90 Å². The quantitative estimate of drug-likeness (QED) is 0.618. The molecule has 2 aromatic carbocycles. The first-order valence-electron chi connectivity index (χ1n) is 10.2. The molecule has 0 radical (unpaired) electrons. The number of likely N-dealkylation sites (tertiary alicyclic amines) is 1. The van der Waals surface area contributed by atoms with Gasteiger partial charge < -0.3 is 9.88 Å². The van der Waals surface area contributed by atoms with E-state index in [1.54, 1.807) is 11.0 Å². The number of halogens is 1. The maximum absolute atomic E-state index is 13.1. The number of nitrogens with zero attached hydrogens (tertiary/aromatic N) is 1. The fraction of sp³-hybridized carbons (Fsp3) is 0.217. The number of pyridine rings is 1. The van der Waals surface area contributed by atoms with E-state index in [2.05, 4.69) is 9.71 Å². The van der Waals surface area contributed by atoms with Crippen molar-refractivity contribution in [2.75, 3.05) is 13.1 Å². The molecule has 3 aromatic rings. The first-order valence-corrected chi connectivity index (χ1v) is 11.7. The van der Waals surface area contributed by atoms with Crippen LogP contribution in [0.15, 0.2) is 76.4 Å². The lowest BCUT2D eigenvalue weighted by molar-refractivity contribution is 0.0709. The molecule has 1 amide bonds. The minimum absolute atomic E-state index is 0.0116. The van der Waals surface area contributed by atoms with Crippen molar-refractivity contribution >= 4 is 15.9 Å². The first kappa shape index (κ1) is 21.9. The summed E-state index contributed by atoms with van der Waals surface area (Å²) >= 11 is 0. The summed E-state index contributed by atoms with van der Waals surface area (Å²) in [4.78, 5) is 29.6. The number of aromatic nitrogens is 1. The van der Waals surface area contributed by atoms with Gasteiger partial charge in [-0.1, -0.05) is 30.3 Å². The fourth-order valence-electron chi connectivity index (χ4n) is 3.70. The van der Waals surface area contributed by atoms with Gasteiger partial charge in [0.2, 0.25) is 10.0 Å². The molecule has 166 valence electrons. The van der Waals surface area contributed by atoms with Gasteiger partial charge >= 0.3 is 0 Å². The van der Waals surface area contributed by atoms with E-state index in [9.17, 15) is 22.4 Å². The van der Waals surface area contributed by atoms with Crippen molar-refractivity contribution in [1.82, 2.24) is 14.6 Å². The van der Waals surface area contributed by atoms with Crippen LogP contribution in [-0.4, -0.2) is 43.3 Å². The van der Waals surface area contributed by atoms with Crippen LogP contribution in [-0.2, 0) is 10.0 Å². The third-order valence-corrected chi connectivity index (χ3v) is 6.99. The highest BCUT2D eigenvalue weighted by atomic mass is 32.2. The second-order valence-electron chi connectivity index (χ2n) is 7.62. The predicted octanol–water partition coefficient (Wildman–Crippen LogP) is 2.76. The molecule has 1 aliphatic rings. The molecule has 1 aromatic heterocycles. The van der Waals surface area contributed by atoms with Gasteiger partial charge in [-0.15, -0.1) is 0 Å². The molecule has 2 heterocycles. The molecule has 9 heteroatoms. The van der Waals surface area contributed by atoms with Crippen molar-refractivity contribution in [3.8, 4) is 11.3 Å². The van der Waals surface area contributed by atoms with Gasteiger partial charge in [0.25, 0.3) is 11.5 Å². The average Bonchev–Trinajstić information content (AvgIpc) is 2.80. The number of benzene rings is 2. The van der Waals surface area contributed by atoms with Crippen LogP contribution >= 0.6 is 0 Å². The summed E-state index contributed by atoms with van der Waals surface area (Å²) in [5.74, 6) is -0.895. The zero-order valence-electron chi connectivity index (χ0n) is 17.1. The van der Waals surface area contributed by atoms with Crippen LogP contribution in [0.2, 0.25) is 0 Å². The molecule has 1 aliphatic heterocycles. The maximum atomic E-state index is 13.1. The monoisotopic (exact) mass is 455 g/mol. The lowest BCUT2D eigenvalue weighted by Gasteiger charge is -2.32. The summed E-state index contributed by atoms with van der Waals surface area (Å²) in [6, 6.07) is 16.8. The second kappa shape index (κ2) is 9.05. The van der Waals surface area contributed by atoms with Gasteiger partial charge in [0.15, 0.2) is 0 Å². The lowest BCUT2D eigenvalue weighted by Crippen LogP contribution is -2.47. The SMILES string of the molecule is O=C(c1ccc(-c2ccccc2)[nH]c1=O)N1CCC(NS(=O)(=O)c2ccc(F)cc2)CC1. The van der Waals surface area contributed by atoms with Crippen LogP contribution in [0.5, 0.6) is 0 Å². The van der Waals surface area contributed by atoms with E-state index in [1.165, 1.54) is 18.2 Å². The number of hydrogen-bond donors (Lipinski definition) is 2. The van der Waals surface area contributed by atoms with Gasteiger partial charge in [-0.2, -0.15) is 0 Å². The zero-order chi connectivity index (χ0) is 22.7. The largest absolute Gasteiger partial charge is 0.338 e. The summed E-state index contributed by atoms with van der Waals surface area (Å²) in [5, 5.41) is 0. The van der Waals surface area contributed by atoms with Crippen LogP contribution < -0.4 is 10.3 Å². The van der Waals surface area contributed by atoms with Crippen LogP contribution in [0.25, 0.3) is 11.3 Å². The van der Waals surface area contributed by atoms with E-state index in [1.807, 2.05) is 30.3 Å². The molecule has 0 bridgehead atoms. The van der Waals surface area contributed by atoms with Crippen LogP contribution in [0.1, 0.15) is 23.2 Å². The van der Waals surface area contributed by atoms with E-state index in [4.69, 9.17) is 0 Å². The van der Waals surface area contributed by atoms with Gasteiger partial charge in [0.1, 0.15) is 11.4 Å². The Morgan fingerprint density at radius 2 is 1.62 bits per heavy atom. The molecular weight excluding hydrogens is 433 g/mol. The Bertz CT molecular complexity index is 1270. The first-order chi connectivity index (χ1) is 15.3. The van der Waals surface area contributed by atoms with Crippen molar-refractivity contribution in [2.45, 2.75) is 23.8 Å². The van der Waals surface area contributed by atoms with Crippen molar-refractivity contribution in [3.05, 3.63) is 88.5 Å². The summed E-state index contributed by atoms with van der Waals surface area (Å²) in [5.41, 5.74) is 1.06.